The van der Waals surface area contributed by atoms with Crippen LogP contribution in [0.5, 0.6) is 0 Å². The lowest BCUT2D eigenvalue weighted by Crippen LogP contribution is -2.44. The Kier molecular flexibility index (Phi) is 3.15. The molecule has 1 aliphatic rings. The average Bonchev–Trinajstić information content (AvgIpc) is 2.49. The van der Waals surface area contributed by atoms with E-state index >= 15 is 0 Å². The molecule has 1 aromatic heterocycles. The molecule has 0 spiro atoms. The lowest BCUT2D eigenvalue weighted by atomic mass is 9.89. The van der Waals surface area contributed by atoms with Crippen LogP contribution in [0.25, 0.3) is 0 Å². The molecule has 1 aromatic rings. The summed E-state index contributed by atoms with van der Waals surface area (Å²) in [6.07, 6.45) is 2.76. The molecule has 0 radical (unpaired) electrons. The van der Waals surface area contributed by atoms with Crippen LogP contribution in [0.1, 0.15) is 23.5 Å². The lowest BCUT2D eigenvalue weighted by molar-refractivity contribution is 0.0170. The number of hydrogen-bond acceptors (Lipinski definition) is 4. The van der Waals surface area contributed by atoms with E-state index in [2.05, 4.69) is 15.7 Å². The maximum absolute atomic E-state index is 5.22. The molecule has 78 valence electrons. The Labute approximate surface area is 88.5 Å². The van der Waals surface area contributed by atoms with Crippen molar-refractivity contribution in [2.45, 2.75) is 38.5 Å². The molecule has 3 nitrogen and oxygen atoms in total. The Balaban J connectivity index is 1.69. The molecule has 0 saturated heterocycles. The van der Waals surface area contributed by atoms with Crippen LogP contribution in [0.15, 0.2) is 5.38 Å². The van der Waals surface area contributed by atoms with Gasteiger partial charge in [0.25, 0.3) is 0 Å². The third-order valence-electron chi connectivity index (χ3n) is 2.64. The van der Waals surface area contributed by atoms with Gasteiger partial charge in [-0.05, 0) is 19.8 Å². The van der Waals surface area contributed by atoms with Crippen LogP contribution in [0, 0.1) is 6.92 Å². The normalized spacial score (nSPS) is 26.1. The number of nitrogens with zero attached hydrogens (tertiary/aromatic N) is 1. The smallest absolute Gasteiger partial charge is 0.107 e. The fourth-order valence-corrected chi connectivity index (χ4v) is 2.36. The van der Waals surface area contributed by atoms with Crippen molar-refractivity contribution in [3.8, 4) is 0 Å². The highest BCUT2D eigenvalue weighted by molar-refractivity contribution is 7.09. The van der Waals surface area contributed by atoms with Crippen LogP contribution in [0.4, 0.5) is 0 Å². The Bertz CT molecular complexity index is 294. The van der Waals surface area contributed by atoms with E-state index in [0.717, 1.165) is 25.1 Å². The summed E-state index contributed by atoms with van der Waals surface area (Å²) in [4.78, 5) is 4.40. The largest absolute Gasteiger partial charge is 0.381 e. The summed E-state index contributed by atoms with van der Waals surface area (Å²) in [6, 6.07) is 0.629. The monoisotopic (exact) mass is 212 g/mol. The van der Waals surface area contributed by atoms with Gasteiger partial charge in [0.2, 0.25) is 0 Å². The molecular weight excluding hydrogens is 196 g/mol. The second-order valence-electron chi connectivity index (χ2n) is 3.79. The molecule has 1 saturated carbocycles. The maximum Gasteiger partial charge on any atom is 0.107 e. The second-order valence-corrected chi connectivity index (χ2v) is 4.73. The molecule has 0 aromatic carbocycles. The number of methoxy groups -OCH3 is 1. The van der Waals surface area contributed by atoms with Crippen LogP contribution < -0.4 is 5.32 Å². The lowest BCUT2D eigenvalue weighted by Gasteiger charge is -2.34. The Morgan fingerprint density at radius 3 is 3.00 bits per heavy atom. The average molecular weight is 212 g/mol. The van der Waals surface area contributed by atoms with Gasteiger partial charge in [0.15, 0.2) is 0 Å². The summed E-state index contributed by atoms with van der Waals surface area (Å²) in [5.41, 5.74) is 1.12. The van der Waals surface area contributed by atoms with Crippen molar-refractivity contribution in [1.82, 2.24) is 10.3 Å². The van der Waals surface area contributed by atoms with Crippen molar-refractivity contribution in [1.29, 1.82) is 0 Å². The number of hydrogen-bond donors (Lipinski definition) is 1. The molecule has 1 fully saturated rings. The van der Waals surface area contributed by atoms with Crippen LogP contribution >= 0.6 is 11.3 Å². The maximum atomic E-state index is 5.22. The van der Waals surface area contributed by atoms with Crippen LogP contribution in [-0.2, 0) is 11.3 Å². The van der Waals surface area contributed by atoms with E-state index in [4.69, 9.17) is 4.74 Å². The van der Waals surface area contributed by atoms with E-state index in [9.17, 15) is 0 Å². The van der Waals surface area contributed by atoms with E-state index in [0.29, 0.717) is 12.1 Å². The summed E-state index contributed by atoms with van der Waals surface area (Å²) in [5, 5.41) is 6.76. The molecular formula is C10H16N2OS. The van der Waals surface area contributed by atoms with Gasteiger partial charge in [-0.25, -0.2) is 4.98 Å². The molecule has 2 rings (SSSR count). The first-order valence-electron chi connectivity index (χ1n) is 4.95. The highest BCUT2D eigenvalue weighted by Gasteiger charge is 2.28. The minimum absolute atomic E-state index is 0.477. The van der Waals surface area contributed by atoms with Gasteiger partial charge in [-0.3, -0.25) is 0 Å². The minimum atomic E-state index is 0.477. The number of aryl methyl sites for hydroxylation is 1. The highest BCUT2D eigenvalue weighted by atomic mass is 32.1. The molecule has 0 amide bonds. The van der Waals surface area contributed by atoms with Crippen LogP contribution in [0.2, 0.25) is 0 Å². The third kappa shape index (κ3) is 2.32. The van der Waals surface area contributed by atoms with Crippen LogP contribution in [-0.4, -0.2) is 24.2 Å². The van der Waals surface area contributed by atoms with Gasteiger partial charge in [0, 0.05) is 30.8 Å². The molecule has 1 heterocycles. The van der Waals surface area contributed by atoms with Crippen LogP contribution in [0.3, 0.4) is 0 Å². The van der Waals surface area contributed by atoms with Gasteiger partial charge in [-0.1, -0.05) is 0 Å². The van der Waals surface area contributed by atoms with Crippen molar-refractivity contribution in [2.24, 2.45) is 0 Å². The Morgan fingerprint density at radius 2 is 2.43 bits per heavy atom. The molecule has 0 aliphatic heterocycles. The first-order chi connectivity index (χ1) is 6.78. The Hall–Kier alpha value is -0.450. The summed E-state index contributed by atoms with van der Waals surface area (Å²) >= 11 is 1.73. The molecule has 0 atom stereocenters. The SMILES string of the molecule is COC1CC(NCc2nc(C)cs2)C1. The van der Waals surface area contributed by atoms with Gasteiger partial charge in [-0.15, -0.1) is 11.3 Å². The first kappa shape index (κ1) is 10.1. The molecule has 1 N–H and O–H groups in total. The fraction of sp³-hybridized carbons (Fsp3) is 0.700. The topological polar surface area (TPSA) is 34.1 Å². The van der Waals surface area contributed by atoms with Crippen molar-refractivity contribution in [3.63, 3.8) is 0 Å². The predicted octanol–water partition coefficient (Wildman–Crippen LogP) is 1.72. The second kappa shape index (κ2) is 4.38. The molecule has 1 aliphatic carbocycles. The molecule has 4 heteroatoms. The highest BCUT2D eigenvalue weighted by Crippen LogP contribution is 2.23. The number of ether oxygens (including phenoxy) is 1. The zero-order valence-corrected chi connectivity index (χ0v) is 9.43. The van der Waals surface area contributed by atoms with Gasteiger partial charge in [0.1, 0.15) is 5.01 Å². The first-order valence-corrected chi connectivity index (χ1v) is 5.83. The summed E-state index contributed by atoms with van der Waals surface area (Å²) < 4.78 is 5.22. The van der Waals surface area contributed by atoms with E-state index in [1.807, 2.05) is 6.92 Å². The van der Waals surface area contributed by atoms with Gasteiger partial charge in [-0.2, -0.15) is 0 Å². The van der Waals surface area contributed by atoms with E-state index < -0.39 is 0 Å². The quantitative estimate of drug-likeness (QED) is 0.825. The standard InChI is InChI=1S/C10H16N2OS/c1-7-6-14-10(12-7)5-11-8-3-9(4-8)13-2/h6,8-9,11H,3-5H2,1-2H3. The number of thiazole rings is 1. The molecule has 0 unspecified atom stereocenters. The van der Waals surface area contributed by atoms with Crippen molar-refractivity contribution in [2.75, 3.05) is 7.11 Å². The fourth-order valence-electron chi connectivity index (χ4n) is 1.64. The molecule has 14 heavy (non-hydrogen) atoms. The summed E-state index contributed by atoms with van der Waals surface area (Å²) in [7, 11) is 1.78. The van der Waals surface area contributed by atoms with Crippen molar-refractivity contribution in [3.05, 3.63) is 16.1 Å². The number of nitrogens with one attached hydrogen (secondary N) is 1. The predicted molar refractivity (Wildman–Crippen MR) is 57.5 cm³/mol. The number of rotatable bonds is 4. The van der Waals surface area contributed by atoms with Gasteiger partial charge < -0.3 is 10.1 Å². The van der Waals surface area contributed by atoms with Crippen molar-refractivity contribution >= 4 is 11.3 Å². The van der Waals surface area contributed by atoms with E-state index in [1.54, 1.807) is 18.4 Å². The summed E-state index contributed by atoms with van der Waals surface area (Å²) in [6.45, 7) is 2.93. The van der Waals surface area contributed by atoms with Crippen molar-refractivity contribution < 1.29 is 4.74 Å². The third-order valence-corrected chi connectivity index (χ3v) is 3.60. The molecule has 0 bridgehead atoms. The minimum Gasteiger partial charge on any atom is -0.381 e. The van der Waals surface area contributed by atoms with Gasteiger partial charge >= 0.3 is 0 Å². The number of aromatic nitrogens is 1. The van der Waals surface area contributed by atoms with E-state index in [1.165, 1.54) is 5.01 Å². The summed E-state index contributed by atoms with van der Waals surface area (Å²) in [5.74, 6) is 0. The Morgan fingerprint density at radius 1 is 1.64 bits per heavy atom. The zero-order valence-electron chi connectivity index (χ0n) is 8.62. The van der Waals surface area contributed by atoms with Gasteiger partial charge in [0.05, 0.1) is 6.10 Å². The zero-order chi connectivity index (χ0) is 9.97. The van der Waals surface area contributed by atoms with E-state index in [-0.39, 0.29) is 0 Å².